The van der Waals surface area contributed by atoms with Crippen LogP contribution in [0.2, 0.25) is 0 Å². The first-order chi connectivity index (χ1) is 3.72. The first-order valence-corrected chi connectivity index (χ1v) is 4.96. The molecule has 0 bridgehead atoms. The molecule has 0 amide bonds. The van der Waals surface area contributed by atoms with Crippen LogP contribution in [-0.4, -0.2) is 10.2 Å². The smallest absolute Gasteiger partial charge is 0.0153 e. The second-order valence-corrected chi connectivity index (χ2v) is 4.09. The number of hydrogen-bond acceptors (Lipinski definition) is 0. The Morgan fingerprint density at radius 2 is 2.00 bits per heavy atom. The Hall–Kier alpha value is 0.960. The Morgan fingerprint density at radius 3 is 2.00 bits per heavy atom. The molecule has 0 nitrogen and oxygen atoms in total. The molecule has 0 saturated heterocycles. The van der Waals surface area contributed by atoms with Crippen LogP contribution in [-0.2, 0) is 0 Å². The zero-order valence-corrected chi connectivity index (χ0v) is 8.50. The van der Waals surface area contributed by atoms with Gasteiger partial charge in [0.15, 0.2) is 0 Å². The summed E-state index contributed by atoms with van der Waals surface area (Å²) < 4.78 is 0. The predicted molar refractivity (Wildman–Crippen MR) is 46.0 cm³/mol. The molecule has 0 aromatic rings. The molecule has 0 heterocycles. The van der Waals surface area contributed by atoms with E-state index in [2.05, 4.69) is 45.7 Å². The summed E-state index contributed by atoms with van der Waals surface area (Å²) in [6.07, 6.45) is 1.25. The Kier molecular flexibility index (Phi) is 5.38. The summed E-state index contributed by atoms with van der Waals surface area (Å²) in [4.78, 5) is 0.645. The molecule has 50 valence electrons. The summed E-state index contributed by atoms with van der Waals surface area (Å²) in [5, 5.41) is 1.11. The maximum atomic E-state index is 3.53. The largest absolute Gasteiger partial charge is 0.0925 e. The highest BCUT2D eigenvalue weighted by Crippen LogP contribution is 2.17. The highest BCUT2D eigenvalue weighted by atomic mass is 79.9. The van der Waals surface area contributed by atoms with Crippen molar-refractivity contribution in [2.75, 3.05) is 5.33 Å². The van der Waals surface area contributed by atoms with E-state index in [-0.39, 0.29) is 0 Å². The van der Waals surface area contributed by atoms with Gasteiger partial charge in [-0.2, -0.15) is 0 Å². The summed E-state index contributed by atoms with van der Waals surface area (Å²) in [5.41, 5.74) is 0. The van der Waals surface area contributed by atoms with Gasteiger partial charge in [-0.15, -0.1) is 0 Å². The topological polar surface area (TPSA) is 0 Å². The standard InChI is InChI=1S/C6H12Br2/c1-3-6(4-7)5(2)8/h5-6H,3-4H2,1-2H3/t5-,6-/m0/s1. The molecular weight excluding hydrogens is 232 g/mol. The summed E-state index contributed by atoms with van der Waals surface area (Å²) in [7, 11) is 0. The molecule has 0 aromatic heterocycles. The first-order valence-electron chi connectivity index (χ1n) is 2.92. The van der Waals surface area contributed by atoms with Gasteiger partial charge in [-0.05, 0) is 5.92 Å². The lowest BCUT2D eigenvalue weighted by Crippen LogP contribution is -2.10. The zero-order chi connectivity index (χ0) is 6.57. The highest BCUT2D eigenvalue weighted by molar-refractivity contribution is 9.10. The molecule has 0 aliphatic rings. The number of halogens is 2. The lowest BCUT2D eigenvalue weighted by Gasteiger charge is -2.12. The van der Waals surface area contributed by atoms with E-state index in [0.29, 0.717) is 4.83 Å². The molecule has 2 atom stereocenters. The van der Waals surface area contributed by atoms with Crippen LogP contribution in [0.25, 0.3) is 0 Å². The quantitative estimate of drug-likeness (QED) is 0.668. The average Bonchev–Trinajstić information content (AvgIpc) is 1.69. The van der Waals surface area contributed by atoms with Crippen molar-refractivity contribution in [3.63, 3.8) is 0 Å². The van der Waals surface area contributed by atoms with E-state index in [0.717, 1.165) is 11.2 Å². The second-order valence-electron chi connectivity index (χ2n) is 2.00. The summed E-state index contributed by atoms with van der Waals surface area (Å²) in [6.45, 7) is 4.40. The molecule has 0 spiro atoms. The summed E-state index contributed by atoms with van der Waals surface area (Å²) in [6, 6.07) is 0. The number of rotatable bonds is 3. The van der Waals surface area contributed by atoms with E-state index in [1.165, 1.54) is 6.42 Å². The Labute approximate surface area is 68.3 Å². The van der Waals surface area contributed by atoms with Gasteiger partial charge in [0.05, 0.1) is 0 Å². The second kappa shape index (κ2) is 4.80. The van der Waals surface area contributed by atoms with Gasteiger partial charge in [-0.25, -0.2) is 0 Å². The first kappa shape index (κ1) is 8.96. The SMILES string of the molecule is CC[C@@H](CBr)[C@H](C)Br. The summed E-state index contributed by atoms with van der Waals surface area (Å²) in [5.74, 6) is 0.787. The van der Waals surface area contributed by atoms with Gasteiger partial charge in [-0.3, -0.25) is 0 Å². The monoisotopic (exact) mass is 242 g/mol. The molecule has 8 heavy (non-hydrogen) atoms. The van der Waals surface area contributed by atoms with Crippen molar-refractivity contribution in [3.8, 4) is 0 Å². The lowest BCUT2D eigenvalue weighted by atomic mass is 10.1. The van der Waals surface area contributed by atoms with Crippen molar-refractivity contribution in [2.24, 2.45) is 5.92 Å². The van der Waals surface area contributed by atoms with Crippen LogP contribution in [0.4, 0.5) is 0 Å². The fourth-order valence-corrected chi connectivity index (χ4v) is 2.64. The molecule has 0 N–H and O–H groups in total. The van der Waals surface area contributed by atoms with Crippen molar-refractivity contribution in [3.05, 3.63) is 0 Å². The molecule has 0 radical (unpaired) electrons. The molecule has 0 aromatic carbocycles. The van der Waals surface area contributed by atoms with Crippen molar-refractivity contribution in [1.82, 2.24) is 0 Å². The van der Waals surface area contributed by atoms with Crippen LogP contribution in [0.1, 0.15) is 20.3 Å². The van der Waals surface area contributed by atoms with Crippen molar-refractivity contribution in [1.29, 1.82) is 0 Å². The predicted octanol–water partition coefficient (Wildman–Crippen LogP) is 3.19. The van der Waals surface area contributed by atoms with Crippen molar-refractivity contribution >= 4 is 31.9 Å². The Morgan fingerprint density at radius 1 is 1.50 bits per heavy atom. The van der Waals surface area contributed by atoms with E-state index < -0.39 is 0 Å². The van der Waals surface area contributed by atoms with Gasteiger partial charge < -0.3 is 0 Å². The van der Waals surface area contributed by atoms with Gasteiger partial charge in [-0.1, -0.05) is 52.1 Å². The minimum atomic E-state index is 0.645. The van der Waals surface area contributed by atoms with Crippen LogP contribution in [0.5, 0.6) is 0 Å². The molecule has 2 heteroatoms. The van der Waals surface area contributed by atoms with E-state index in [9.17, 15) is 0 Å². The lowest BCUT2D eigenvalue weighted by molar-refractivity contribution is 0.577. The van der Waals surface area contributed by atoms with Gasteiger partial charge in [0.25, 0.3) is 0 Å². The summed E-state index contributed by atoms with van der Waals surface area (Å²) >= 11 is 6.98. The third-order valence-electron chi connectivity index (χ3n) is 1.37. The molecule has 0 unspecified atom stereocenters. The molecule has 0 fully saturated rings. The minimum absolute atomic E-state index is 0.645. The fourth-order valence-electron chi connectivity index (χ4n) is 0.557. The van der Waals surface area contributed by atoms with E-state index in [1.807, 2.05) is 0 Å². The molecule has 0 aliphatic carbocycles. The van der Waals surface area contributed by atoms with Gasteiger partial charge in [0.2, 0.25) is 0 Å². The zero-order valence-electron chi connectivity index (χ0n) is 5.32. The average molecular weight is 244 g/mol. The third-order valence-corrected chi connectivity index (χ3v) is 2.95. The molecular formula is C6H12Br2. The fraction of sp³-hybridized carbons (Fsp3) is 1.00. The number of hydrogen-bond donors (Lipinski definition) is 0. The van der Waals surface area contributed by atoms with E-state index in [1.54, 1.807) is 0 Å². The van der Waals surface area contributed by atoms with Crippen LogP contribution in [0, 0.1) is 5.92 Å². The van der Waals surface area contributed by atoms with Crippen molar-refractivity contribution in [2.45, 2.75) is 25.1 Å². The van der Waals surface area contributed by atoms with Gasteiger partial charge in [0, 0.05) is 10.2 Å². The molecule has 0 saturated carbocycles. The maximum Gasteiger partial charge on any atom is 0.0153 e. The van der Waals surface area contributed by atoms with Crippen LogP contribution < -0.4 is 0 Å². The van der Waals surface area contributed by atoms with E-state index in [4.69, 9.17) is 0 Å². The number of alkyl halides is 2. The van der Waals surface area contributed by atoms with Crippen LogP contribution in [0.3, 0.4) is 0 Å². The minimum Gasteiger partial charge on any atom is -0.0925 e. The Balaban J connectivity index is 3.35. The van der Waals surface area contributed by atoms with Crippen molar-refractivity contribution < 1.29 is 0 Å². The van der Waals surface area contributed by atoms with Gasteiger partial charge >= 0.3 is 0 Å². The molecule has 0 rings (SSSR count). The Bertz CT molecular complexity index is 48.5. The third kappa shape index (κ3) is 3.08. The normalized spacial score (nSPS) is 18.0. The highest BCUT2D eigenvalue weighted by Gasteiger charge is 2.08. The maximum absolute atomic E-state index is 3.53. The van der Waals surface area contributed by atoms with Gasteiger partial charge in [0.1, 0.15) is 0 Å². The van der Waals surface area contributed by atoms with E-state index >= 15 is 0 Å². The van der Waals surface area contributed by atoms with Crippen LogP contribution >= 0.6 is 31.9 Å². The molecule has 0 aliphatic heterocycles. The van der Waals surface area contributed by atoms with Crippen LogP contribution in [0.15, 0.2) is 0 Å².